The first kappa shape index (κ1) is 16.8. The van der Waals surface area contributed by atoms with Gasteiger partial charge in [0.1, 0.15) is 5.75 Å². The van der Waals surface area contributed by atoms with Crippen molar-refractivity contribution in [3.8, 4) is 5.75 Å². The van der Waals surface area contributed by atoms with Gasteiger partial charge in [-0.15, -0.1) is 0 Å². The van der Waals surface area contributed by atoms with E-state index in [4.69, 9.17) is 28.9 Å². The van der Waals surface area contributed by atoms with Crippen molar-refractivity contribution in [2.24, 2.45) is 11.7 Å². The molecule has 0 aromatic heterocycles. The predicted molar refractivity (Wildman–Crippen MR) is 90.8 cm³/mol. The van der Waals surface area contributed by atoms with Gasteiger partial charge in [0.25, 0.3) is 0 Å². The van der Waals surface area contributed by atoms with Crippen molar-refractivity contribution < 1.29 is 9.90 Å². The minimum Gasteiger partial charge on any atom is -0.508 e. The topological polar surface area (TPSA) is 78.6 Å². The molecule has 5 nitrogen and oxygen atoms in total. The molecule has 7 heteroatoms. The molecule has 23 heavy (non-hydrogen) atoms. The van der Waals surface area contributed by atoms with Crippen molar-refractivity contribution in [2.45, 2.75) is 31.3 Å². The number of benzene rings is 1. The normalized spacial score (nSPS) is 24.7. The number of hydrogen-bond donors (Lipinski definition) is 3. The van der Waals surface area contributed by atoms with E-state index in [2.05, 4.69) is 10.2 Å². The smallest absolute Gasteiger partial charge is 0.237 e. The SMILES string of the molecule is NC(c1cc(Cl)c(Cl)cc1O)C1CCN(C2CCNC2=O)CC1. The van der Waals surface area contributed by atoms with Gasteiger partial charge in [0.05, 0.1) is 16.1 Å². The maximum absolute atomic E-state index is 11.8. The molecular formula is C16H21Cl2N3O2. The highest BCUT2D eigenvalue weighted by Gasteiger charge is 2.34. The van der Waals surface area contributed by atoms with E-state index < -0.39 is 0 Å². The Bertz CT molecular complexity index is 603. The number of nitrogens with one attached hydrogen (secondary N) is 1. The van der Waals surface area contributed by atoms with Crippen molar-refractivity contribution in [3.63, 3.8) is 0 Å². The zero-order valence-electron chi connectivity index (χ0n) is 12.8. The summed E-state index contributed by atoms with van der Waals surface area (Å²) >= 11 is 11.9. The number of aromatic hydroxyl groups is 1. The quantitative estimate of drug-likeness (QED) is 0.775. The van der Waals surface area contributed by atoms with Crippen molar-refractivity contribution in [3.05, 3.63) is 27.7 Å². The van der Waals surface area contributed by atoms with E-state index in [0.717, 1.165) is 38.9 Å². The van der Waals surface area contributed by atoms with Gasteiger partial charge in [-0.05, 0) is 44.3 Å². The van der Waals surface area contributed by atoms with Crippen molar-refractivity contribution >= 4 is 29.1 Å². The molecule has 1 amide bonds. The number of carbonyl (C=O) groups is 1. The van der Waals surface area contributed by atoms with Gasteiger partial charge in [-0.2, -0.15) is 0 Å². The van der Waals surface area contributed by atoms with Crippen molar-refractivity contribution in [2.75, 3.05) is 19.6 Å². The summed E-state index contributed by atoms with van der Waals surface area (Å²) in [7, 11) is 0. The molecule has 2 aliphatic heterocycles. The second kappa shape index (κ2) is 6.85. The number of nitrogens with zero attached hydrogens (tertiary/aromatic N) is 1. The Morgan fingerprint density at radius 3 is 2.48 bits per heavy atom. The van der Waals surface area contributed by atoms with Gasteiger partial charge in [-0.1, -0.05) is 23.2 Å². The first-order valence-electron chi connectivity index (χ1n) is 7.92. The Balaban J connectivity index is 1.65. The zero-order valence-corrected chi connectivity index (χ0v) is 14.3. The average molecular weight is 358 g/mol. The Labute approximate surface area is 145 Å². The molecule has 0 saturated carbocycles. The summed E-state index contributed by atoms with van der Waals surface area (Å²) in [6.45, 7) is 2.46. The number of amides is 1. The van der Waals surface area contributed by atoms with Crippen LogP contribution in [-0.2, 0) is 4.79 Å². The van der Waals surface area contributed by atoms with Crippen LogP contribution in [0.3, 0.4) is 0 Å². The highest BCUT2D eigenvalue weighted by molar-refractivity contribution is 6.42. The van der Waals surface area contributed by atoms with Crippen LogP contribution in [0.15, 0.2) is 12.1 Å². The molecule has 2 unspecified atom stereocenters. The Kier molecular flexibility index (Phi) is 5.01. The maximum Gasteiger partial charge on any atom is 0.237 e. The number of carbonyl (C=O) groups excluding carboxylic acids is 1. The largest absolute Gasteiger partial charge is 0.508 e. The van der Waals surface area contributed by atoms with Crippen LogP contribution in [0.4, 0.5) is 0 Å². The third-order valence-electron chi connectivity index (χ3n) is 4.97. The lowest BCUT2D eigenvalue weighted by atomic mass is 9.85. The Morgan fingerprint density at radius 1 is 1.22 bits per heavy atom. The molecule has 2 saturated heterocycles. The number of hydrogen-bond acceptors (Lipinski definition) is 4. The molecule has 2 atom stereocenters. The van der Waals surface area contributed by atoms with Crippen LogP contribution in [0, 0.1) is 5.92 Å². The maximum atomic E-state index is 11.8. The van der Waals surface area contributed by atoms with E-state index in [1.54, 1.807) is 6.07 Å². The molecule has 2 fully saturated rings. The molecular weight excluding hydrogens is 337 g/mol. The van der Waals surface area contributed by atoms with E-state index >= 15 is 0 Å². The molecule has 0 spiro atoms. The van der Waals surface area contributed by atoms with Gasteiger partial charge in [-0.3, -0.25) is 9.69 Å². The third-order valence-corrected chi connectivity index (χ3v) is 5.69. The van der Waals surface area contributed by atoms with E-state index in [-0.39, 0.29) is 29.7 Å². The Morgan fingerprint density at radius 2 is 1.87 bits per heavy atom. The number of rotatable bonds is 3. The molecule has 3 rings (SSSR count). The number of piperidine rings is 1. The summed E-state index contributed by atoms with van der Waals surface area (Å²) in [4.78, 5) is 14.0. The molecule has 2 heterocycles. The highest BCUT2D eigenvalue weighted by Crippen LogP contribution is 2.38. The Hall–Kier alpha value is -1.01. The molecule has 0 aliphatic carbocycles. The fourth-order valence-corrected chi connectivity index (χ4v) is 3.92. The lowest BCUT2D eigenvalue weighted by Crippen LogP contribution is -2.46. The lowest BCUT2D eigenvalue weighted by molar-refractivity contribution is -0.124. The van der Waals surface area contributed by atoms with Crippen molar-refractivity contribution in [1.82, 2.24) is 10.2 Å². The van der Waals surface area contributed by atoms with Gasteiger partial charge in [-0.25, -0.2) is 0 Å². The van der Waals surface area contributed by atoms with Crippen LogP contribution in [0.5, 0.6) is 5.75 Å². The van der Waals surface area contributed by atoms with Gasteiger partial charge in [0.15, 0.2) is 0 Å². The van der Waals surface area contributed by atoms with E-state index in [0.29, 0.717) is 15.6 Å². The van der Waals surface area contributed by atoms with Crippen LogP contribution in [-0.4, -0.2) is 41.6 Å². The lowest BCUT2D eigenvalue weighted by Gasteiger charge is -2.37. The van der Waals surface area contributed by atoms with E-state index in [1.165, 1.54) is 6.07 Å². The number of halogens is 2. The molecule has 1 aromatic rings. The molecule has 4 N–H and O–H groups in total. The summed E-state index contributed by atoms with van der Waals surface area (Å²) in [5.41, 5.74) is 6.99. The monoisotopic (exact) mass is 357 g/mol. The average Bonchev–Trinajstić information content (AvgIpc) is 2.96. The predicted octanol–water partition coefficient (Wildman–Crippen LogP) is 2.30. The minimum atomic E-state index is -0.288. The zero-order chi connectivity index (χ0) is 16.6. The first-order valence-corrected chi connectivity index (χ1v) is 8.68. The van der Waals surface area contributed by atoms with Gasteiger partial charge in [0, 0.05) is 24.2 Å². The summed E-state index contributed by atoms with van der Waals surface area (Å²) in [6.07, 6.45) is 2.67. The van der Waals surface area contributed by atoms with Crippen LogP contribution in [0.25, 0.3) is 0 Å². The van der Waals surface area contributed by atoms with Gasteiger partial charge >= 0.3 is 0 Å². The van der Waals surface area contributed by atoms with Gasteiger partial charge < -0.3 is 16.2 Å². The van der Waals surface area contributed by atoms with Crippen LogP contribution >= 0.6 is 23.2 Å². The molecule has 1 aromatic carbocycles. The summed E-state index contributed by atoms with van der Waals surface area (Å²) in [5.74, 6) is 0.471. The fraction of sp³-hybridized carbons (Fsp3) is 0.562. The molecule has 0 bridgehead atoms. The van der Waals surface area contributed by atoms with Gasteiger partial charge in [0.2, 0.25) is 5.91 Å². The molecule has 2 aliphatic rings. The molecule has 0 radical (unpaired) electrons. The molecule has 126 valence electrons. The van der Waals surface area contributed by atoms with Crippen LogP contribution < -0.4 is 11.1 Å². The van der Waals surface area contributed by atoms with Crippen molar-refractivity contribution in [1.29, 1.82) is 0 Å². The van der Waals surface area contributed by atoms with Crippen LogP contribution in [0.1, 0.15) is 30.9 Å². The summed E-state index contributed by atoms with van der Waals surface area (Å²) < 4.78 is 0. The number of phenolic OH excluding ortho intramolecular Hbond substituents is 1. The third kappa shape index (κ3) is 3.43. The van der Waals surface area contributed by atoms with E-state index in [9.17, 15) is 9.90 Å². The summed E-state index contributed by atoms with van der Waals surface area (Å²) in [6, 6.07) is 2.81. The number of phenols is 1. The summed E-state index contributed by atoms with van der Waals surface area (Å²) in [5, 5.41) is 13.7. The second-order valence-electron chi connectivity index (χ2n) is 6.32. The number of nitrogens with two attached hydrogens (primary N) is 1. The first-order chi connectivity index (χ1) is 11.0. The van der Waals surface area contributed by atoms with E-state index in [1.807, 2.05) is 0 Å². The second-order valence-corrected chi connectivity index (χ2v) is 7.13. The van der Waals surface area contributed by atoms with Crippen LogP contribution in [0.2, 0.25) is 10.0 Å². The fourth-order valence-electron chi connectivity index (χ4n) is 3.59. The highest BCUT2D eigenvalue weighted by atomic mass is 35.5. The standard InChI is InChI=1S/C16H21Cl2N3O2/c17-11-7-10(14(22)8-12(11)18)15(19)9-2-5-21(6-3-9)13-1-4-20-16(13)23/h7-9,13,15,22H,1-6,19H2,(H,20,23). The number of likely N-dealkylation sites (tertiary alicyclic amines) is 1. The minimum absolute atomic E-state index is 0.00514.